The number of amides is 1. The van der Waals surface area contributed by atoms with Gasteiger partial charge in [0, 0.05) is 17.5 Å². The van der Waals surface area contributed by atoms with Gasteiger partial charge >= 0.3 is 0 Å². The fraction of sp³-hybridized carbons (Fsp3) is 0.273. The Labute approximate surface area is 169 Å². The molecule has 3 aromatic rings. The van der Waals surface area contributed by atoms with Crippen LogP contribution in [0.3, 0.4) is 0 Å². The monoisotopic (exact) mass is 392 g/mol. The minimum Gasteiger partial charge on any atom is -0.493 e. The molecule has 150 valence electrons. The van der Waals surface area contributed by atoms with Crippen LogP contribution in [0.15, 0.2) is 58.4 Å². The zero-order valence-electron chi connectivity index (χ0n) is 16.6. The van der Waals surface area contributed by atoms with Gasteiger partial charge in [-0.3, -0.25) is 9.59 Å². The summed E-state index contributed by atoms with van der Waals surface area (Å²) in [7, 11) is 0. The molecule has 0 aliphatic carbocycles. The second-order valence-corrected chi connectivity index (χ2v) is 6.45. The fourth-order valence-electron chi connectivity index (χ4n) is 2.95. The molecule has 0 spiro atoms. The van der Waals surface area contributed by atoms with Gasteiger partial charge in [-0.25, -0.2) is 10.1 Å². The summed E-state index contributed by atoms with van der Waals surface area (Å²) in [5.41, 5.74) is 3.24. The van der Waals surface area contributed by atoms with Crippen LogP contribution >= 0.6 is 0 Å². The zero-order chi connectivity index (χ0) is 20.6. The SMILES string of the molecule is CCCCn1nc(C(=O)N/N=C/c2ccccc2OCC)c2ccccc2c1=O. The third-order valence-corrected chi connectivity index (χ3v) is 4.39. The third kappa shape index (κ3) is 4.68. The lowest BCUT2D eigenvalue weighted by Gasteiger charge is -2.10. The van der Waals surface area contributed by atoms with Gasteiger partial charge in [0.2, 0.25) is 0 Å². The van der Waals surface area contributed by atoms with Gasteiger partial charge in [-0.15, -0.1) is 0 Å². The van der Waals surface area contributed by atoms with E-state index in [1.165, 1.54) is 10.9 Å². The number of hydrazone groups is 1. The molecule has 0 saturated heterocycles. The Balaban J connectivity index is 1.89. The summed E-state index contributed by atoms with van der Waals surface area (Å²) in [4.78, 5) is 25.4. The summed E-state index contributed by atoms with van der Waals surface area (Å²) in [6.07, 6.45) is 3.25. The first-order chi connectivity index (χ1) is 14.2. The van der Waals surface area contributed by atoms with Crippen LogP contribution in [0.2, 0.25) is 0 Å². The van der Waals surface area contributed by atoms with E-state index in [0.29, 0.717) is 29.7 Å². The summed E-state index contributed by atoms with van der Waals surface area (Å²) in [5, 5.41) is 9.33. The predicted octanol–water partition coefficient (Wildman–Crippen LogP) is 3.36. The molecular formula is C22H24N4O3. The van der Waals surface area contributed by atoms with Gasteiger partial charge < -0.3 is 4.74 Å². The number of aryl methyl sites for hydroxylation is 1. The van der Waals surface area contributed by atoms with Crippen LogP contribution in [0.25, 0.3) is 10.8 Å². The van der Waals surface area contributed by atoms with Crippen molar-refractivity contribution >= 4 is 22.9 Å². The maximum absolute atomic E-state index is 12.8. The summed E-state index contributed by atoms with van der Waals surface area (Å²) in [5.74, 6) is 0.210. The number of hydrogen-bond acceptors (Lipinski definition) is 5. The van der Waals surface area contributed by atoms with Crippen LogP contribution in [0.1, 0.15) is 42.7 Å². The Kier molecular flexibility index (Phi) is 6.73. The standard InChI is InChI=1S/C22H24N4O3/c1-3-5-14-26-22(28)18-12-8-7-11-17(18)20(25-26)21(27)24-23-15-16-10-6-9-13-19(16)29-4-2/h6-13,15H,3-5,14H2,1-2H3,(H,24,27)/b23-15+. The van der Waals surface area contributed by atoms with E-state index in [0.717, 1.165) is 18.4 Å². The van der Waals surface area contributed by atoms with Gasteiger partial charge in [-0.1, -0.05) is 43.7 Å². The molecule has 7 nitrogen and oxygen atoms in total. The predicted molar refractivity (Wildman–Crippen MR) is 114 cm³/mol. The molecule has 0 bridgehead atoms. The van der Waals surface area contributed by atoms with Crippen LogP contribution in [0.5, 0.6) is 5.75 Å². The van der Waals surface area contributed by atoms with E-state index < -0.39 is 5.91 Å². The summed E-state index contributed by atoms with van der Waals surface area (Å²) < 4.78 is 6.90. The highest BCUT2D eigenvalue weighted by molar-refractivity contribution is 6.05. The highest BCUT2D eigenvalue weighted by Crippen LogP contribution is 2.16. The highest BCUT2D eigenvalue weighted by Gasteiger charge is 2.16. The van der Waals surface area contributed by atoms with E-state index in [1.54, 1.807) is 24.3 Å². The minimum atomic E-state index is -0.475. The lowest BCUT2D eigenvalue weighted by atomic mass is 10.1. The number of carbonyl (C=O) groups is 1. The lowest BCUT2D eigenvalue weighted by Crippen LogP contribution is -2.29. The van der Waals surface area contributed by atoms with Crippen LogP contribution in [0.4, 0.5) is 0 Å². The van der Waals surface area contributed by atoms with Crippen molar-refractivity contribution in [1.29, 1.82) is 0 Å². The Morgan fingerprint density at radius 3 is 2.62 bits per heavy atom. The number of ether oxygens (including phenoxy) is 1. The molecule has 0 atom stereocenters. The van der Waals surface area contributed by atoms with E-state index in [1.807, 2.05) is 38.1 Å². The summed E-state index contributed by atoms with van der Waals surface area (Å²) >= 11 is 0. The number of aromatic nitrogens is 2. The largest absolute Gasteiger partial charge is 0.493 e. The Morgan fingerprint density at radius 1 is 1.14 bits per heavy atom. The molecule has 0 aliphatic rings. The van der Waals surface area contributed by atoms with Crippen molar-refractivity contribution in [3.05, 3.63) is 70.1 Å². The van der Waals surface area contributed by atoms with E-state index in [-0.39, 0.29) is 11.3 Å². The average molecular weight is 392 g/mol. The number of nitrogens with zero attached hydrogens (tertiary/aromatic N) is 3. The Bertz CT molecular complexity index is 1090. The maximum Gasteiger partial charge on any atom is 0.292 e. The molecule has 0 saturated carbocycles. The van der Waals surface area contributed by atoms with Crippen molar-refractivity contribution in [3.8, 4) is 5.75 Å². The topological polar surface area (TPSA) is 85.6 Å². The van der Waals surface area contributed by atoms with Gasteiger partial charge in [0.05, 0.1) is 18.2 Å². The quantitative estimate of drug-likeness (QED) is 0.470. The molecule has 1 aromatic heterocycles. The number of para-hydroxylation sites is 1. The summed E-state index contributed by atoms with van der Waals surface area (Å²) in [6.45, 7) is 4.94. The maximum atomic E-state index is 12.8. The molecule has 0 aliphatic heterocycles. The average Bonchev–Trinajstić information content (AvgIpc) is 2.75. The first kappa shape index (κ1) is 20.3. The number of nitrogens with one attached hydrogen (secondary N) is 1. The Morgan fingerprint density at radius 2 is 1.86 bits per heavy atom. The van der Waals surface area contributed by atoms with Crippen molar-refractivity contribution in [2.75, 3.05) is 6.61 Å². The van der Waals surface area contributed by atoms with Crippen LogP contribution in [-0.2, 0) is 6.54 Å². The minimum absolute atomic E-state index is 0.173. The number of fused-ring (bicyclic) bond motifs is 1. The molecule has 1 amide bonds. The van der Waals surface area contributed by atoms with Gasteiger partial charge in [-0.05, 0) is 31.5 Å². The van der Waals surface area contributed by atoms with Crippen LogP contribution in [-0.4, -0.2) is 28.5 Å². The number of hydrogen-bond donors (Lipinski definition) is 1. The van der Waals surface area contributed by atoms with Crippen molar-refractivity contribution in [2.24, 2.45) is 5.10 Å². The number of benzene rings is 2. The van der Waals surface area contributed by atoms with Crippen LogP contribution in [0, 0.1) is 0 Å². The molecule has 29 heavy (non-hydrogen) atoms. The second kappa shape index (κ2) is 9.64. The molecule has 3 rings (SSSR count). The molecule has 1 heterocycles. The first-order valence-corrected chi connectivity index (χ1v) is 9.70. The molecule has 2 aromatic carbocycles. The van der Waals surface area contributed by atoms with Gasteiger partial charge in [0.25, 0.3) is 11.5 Å². The second-order valence-electron chi connectivity index (χ2n) is 6.45. The number of rotatable bonds is 8. The highest BCUT2D eigenvalue weighted by atomic mass is 16.5. The summed E-state index contributed by atoms with van der Waals surface area (Å²) in [6, 6.07) is 14.4. The zero-order valence-corrected chi connectivity index (χ0v) is 16.6. The van der Waals surface area contributed by atoms with Gasteiger partial charge in [-0.2, -0.15) is 10.2 Å². The normalized spacial score (nSPS) is 11.1. The van der Waals surface area contributed by atoms with E-state index in [2.05, 4.69) is 15.6 Å². The number of carbonyl (C=O) groups excluding carboxylic acids is 1. The van der Waals surface area contributed by atoms with Crippen molar-refractivity contribution in [3.63, 3.8) is 0 Å². The Hall–Kier alpha value is -3.48. The molecule has 1 N–H and O–H groups in total. The third-order valence-electron chi connectivity index (χ3n) is 4.39. The van der Waals surface area contributed by atoms with E-state index >= 15 is 0 Å². The van der Waals surface area contributed by atoms with Crippen molar-refractivity contribution < 1.29 is 9.53 Å². The number of unbranched alkanes of at least 4 members (excludes halogenated alkanes) is 1. The smallest absolute Gasteiger partial charge is 0.292 e. The van der Waals surface area contributed by atoms with Gasteiger partial charge in [0.1, 0.15) is 5.75 Å². The molecule has 0 unspecified atom stereocenters. The fourth-order valence-corrected chi connectivity index (χ4v) is 2.95. The van der Waals surface area contributed by atoms with E-state index in [4.69, 9.17) is 4.74 Å². The molecule has 0 radical (unpaired) electrons. The van der Waals surface area contributed by atoms with Crippen molar-refractivity contribution in [2.45, 2.75) is 33.2 Å². The molecule has 7 heteroatoms. The van der Waals surface area contributed by atoms with Gasteiger partial charge in [0.15, 0.2) is 5.69 Å². The van der Waals surface area contributed by atoms with E-state index in [9.17, 15) is 9.59 Å². The first-order valence-electron chi connectivity index (χ1n) is 9.70. The van der Waals surface area contributed by atoms with Crippen molar-refractivity contribution in [1.82, 2.24) is 15.2 Å². The van der Waals surface area contributed by atoms with Crippen LogP contribution < -0.4 is 15.7 Å². The molecule has 0 fully saturated rings. The molecular weight excluding hydrogens is 368 g/mol. The lowest BCUT2D eigenvalue weighted by molar-refractivity contribution is 0.0949.